The quantitative estimate of drug-likeness (QED) is 0.853. The van der Waals surface area contributed by atoms with Gasteiger partial charge in [0.15, 0.2) is 0 Å². The summed E-state index contributed by atoms with van der Waals surface area (Å²) in [4.78, 5) is 20.7. The summed E-state index contributed by atoms with van der Waals surface area (Å²) in [5.74, 6) is 0.648. The van der Waals surface area contributed by atoms with Crippen molar-refractivity contribution in [3.63, 3.8) is 0 Å². The number of carbonyl (C=O) groups is 1. The third-order valence-electron chi connectivity index (χ3n) is 5.52. The van der Waals surface area contributed by atoms with Crippen LogP contribution in [0.25, 0.3) is 0 Å². The molecule has 24 heavy (non-hydrogen) atoms. The molecule has 0 N–H and O–H groups in total. The van der Waals surface area contributed by atoms with Crippen LogP contribution in [0.4, 0.5) is 4.79 Å². The first kappa shape index (κ1) is 17.2. The molecule has 132 valence electrons. The zero-order chi connectivity index (χ0) is 16.9. The number of likely N-dealkylation sites (tertiary alicyclic amines) is 2. The van der Waals surface area contributed by atoms with E-state index in [9.17, 15) is 4.79 Å². The van der Waals surface area contributed by atoms with E-state index in [2.05, 4.69) is 28.9 Å². The molecule has 2 aliphatic rings. The maximum Gasteiger partial charge on any atom is 0.409 e. The number of pyridine rings is 1. The van der Waals surface area contributed by atoms with Gasteiger partial charge in [-0.15, -0.1) is 0 Å². The lowest BCUT2D eigenvalue weighted by atomic mass is 9.87. The predicted molar refractivity (Wildman–Crippen MR) is 94.1 cm³/mol. The highest BCUT2D eigenvalue weighted by Crippen LogP contribution is 2.31. The van der Waals surface area contributed by atoms with E-state index in [-0.39, 0.29) is 6.09 Å². The summed E-state index contributed by atoms with van der Waals surface area (Å²) >= 11 is 0. The molecule has 0 radical (unpaired) electrons. The van der Waals surface area contributed by atoms with Gasteiger partial charge in [-0.2, -0.15) is 0 Å². The van der Waals surface area contributed by atoms with Gasteiger partial charge in [-0.1, -0.05) is 6.07 Å². The standard InChI is InChI=1S/C19H29N3O2/c1-3-24-19(23)22-13-8-17(9-14-22)21-11-6-16(7-12-21)18-5-4-10-20-15(18)2/h4-5,10,16-17H,3,6-9,11-14H2,1-2H3. The second kappa shape index (κ2) is 7.97. The molecule has 1 aromatic heterocycles. The molecular weight excluding hydrogens is 302 g/mol. The highest BCUT2D eigenvalue weighted by molar-refractivity contribution is 5.67. The van der Waals surface area contributed by atoms with Gasteiger partial charge in [-0.25, -0.2) is 4.79 Å². The fourth-order valence-corrected chi connectivity index (χ4v) is 4.13. The summed E-state index contributed by atoms with van der Waals surface area (Å²) in [6.45, 7) is 8.40. The van der Waals surface area contributed by atoms with Crippen LogP contribution in [0.1, 0.15) is 49.8 Å². The van der Waals surface area contributed by atoms with Gasteiger partial charge >= 0.3 is 6.09 Å². The molecule has 2 fully saturated rings. The fourth-order valence-electron chi connectivity index (χ4n) is 4.13. The number of hydrogen-bond acceptors (Lipinski definition) is 4. The third-order valence-corrected chi connectivity index (χ3v) is 5.52. The highest BCUT2D eigenvalue weighted by atomic mass is 16.6. The molecular formula is C19H29N3O2. The molecule has 1 aromatic rings. The Morgan fingerprint density at radius 3 is 2.54 bits per heavy atom. The van der Waals surface area contributed by atoms with Crippen molar-refractivity contribution in [2.24, 2.45) is 0 Å². The van der Waals surface area contributed by atoms with Crippen molar-refractivity contribution in [1.29, 1.82) is 0 Å². The molecule has 3 rings (SSSR count). The Morgan fingerprint density at radius 1 is 1.21 bits per heavy atom. The van der Waals surface area contributed by atoms with E-state index in [1.54, 1.807) is 0 Å². The summed E-state index contributed by atoms with van der Waals surface area (Å²) in [6, 6.07) is 4.91. The Labute approximate surface area is 145 Å². The minimum absolute atomic E-state index is 0.151. The van der Waals surface area contributed by atoms with Crippen molar-refractivity contribution in [3.05, 3.63) is 29.6 Å². The minimum Gasteiger partial charge on any atom is -0.450 e. The molecule has 0 aromatic carbocycles. The first-order valence-electron chi connectivity index (χ1n) is 9.26. The first-order valence-corrected chi connectivity index (χ1v) is 9.26. The van der Waals surface area contributed by atoms with Crippen molar-refractivity contribution in [1.82, 2.24) is 14.8 Å². The van der Waals surface area contributed by atoms with E-state index in [1.807, 2.05) is 18.0 Å². The fraction of sp³-hybridized carbons (Fsp3) is 0.684. The molecule has 0 atom stereocenters. The van der Waals surface area contributed by atoms with E-state index in [1.165, 1.54) is 24.1 Å². The molecule has 1 amide bonds. The van der Waals surface area contributed by atoms with E-state index >= 15 is 0 Å². The van der Waals surface area contributed by atoms with Gasteiger partial charge in [0.1, 0.15) is 0 Å². The van der Waals surface area contributed by atoms with Gasteiger partial charge in [0.05, 0.1) is 6.61 Å². The van der Waals surface area contributed by atoms with Gasteiger partial charge in [0.25, 0.3) is 0 Å². The number of hydrogen-bond donors (Lipinski definition) is 0. The first-order chi connectivity index (χ1) is 11.7. The van der Waals surface area contributed by atoms with Crippen LogP contribution in [0.5, 0.6) is 0 Å². The third kappa shape index (κ3) is 3.89. The minimum atomic E-state index is -0.151. The van der Waals surface area contributed by atoms with Crippen molar-refractivity contribution >= 4 is 6.09 Å². The van der Waals surface area contributed by atoms with E-state index < -0.39 is 0 Å². The summed E-state index contributed by atoms with van der Waals surface area (Å²) in [5, 5.41) is 0. The summed E-state index contributed by atoms with van der Waals surface area (Å²) in [5.41, 5.74) is 2.60. The largest absolute Gasteiger partial charge is 0.450 e. The Bertz CT molecular complexity index is 547. The van der Waals surface area contributed by atoms with Crippen molar-refractivity contribution in [2.75, 3.05) is 32.8 Å². The van der Waals surface area contributed by atoms with Gasteiger partial charge in [0, 0.05) is 31.0 Å². The SMILES string of the molecule is CCOC(=O)N1CCC(N2CCC(c3cccnc3C)CC2)CC1. The Balaban J connectivity index is 1.48. The molecule has 0 aliphatic carbocycles. The maximum atomic E-state index is 11.8. The number of rotatable bonds is 3. The predicted octanol–water partition coefficient (Wildman–Crippen LogP) is 3.19. The zero-order valence-corrected chi connectivity index (χ0v) is 14.9. The molecule has 0 spiro atoms. The second-order valence-corrected chi connectivity index (χ2v) is 6.91. The maximum absolute atomic E-state index is 11.8. The summed E-state index contributed by atoms with van der Waals surface area (Å²) < 4.78 is 5.10. The van der Waals surface area contributed by atoms with Crippen LogP contribution in [0, 0.1) is 6.92 Å². The number of carbonyl (C=O) groups excluding carboxylic acids is 1. The van der Waals surface area contributed by atoms with Crippen LogP contribution in [-0.2, 0) is 4.74 Å². The van der Waals surface area contributed by atoms with Crippen molar-refractivity contribution in [2.45, 2.75) is 51.5 Å². The summed E-state index contributed by atoms with van der Waals surface area (Å²) in [7, 11) is 0. The molecule has 0 bridgehead atoms. The number of amides is 1. The number of ether oxygens (including phenoxy) is 1. The molecule has 3 heterocycles. The Morgan fingerprint density at radius 2 is 1.92 bits per heavy atom. The molecule has 5 heteroatoms. The highest BCUT2D eigenvalue weighted by Gasteiger charge is 2.30. The number of piperidine rings is 2. The monoisotopic (exact) mass is 331 g/mol. The van der Waals surface area contributed by atoms with Crippen LogP contribution in [-0.4, -0.2) is 59.7 Å². The number of aryl methyl sites for hydroxylation is 1. The lowest BCUT2D eigenvalue weighted by molar-refractivity contribution is 0.0662. The summed E-state index contributed by atoms with van der Waals surface area (Å²) in [6.07, 6.45) is 6.28. The number of nitrogens with zero attached hydrogens (tertiary/aromatic N) is 3. The zero-order valence-electron chi connectivity index (χ0n) is 14.9. The molecule has 2 saturated heterocycles. The topological polar surface area (TPSA) is 45.7 Å². The van der Waals surface area contributed by atoms with E-state index in [0.29, 0.717) is 18.6 Å². The molecule has 0 unspecified atom stereocenters. The number of aromatic nitrogens is 1. The van der Waals surface area contributed by atoms with Crippen molar-refractivity contribution in [3.8, 4) is 0 Å². The smallest absolute Gasteiger partial charge is 0.409 e. The average molecular weight is 331 g/mol. The lowest BCUT2D eigenvalue weighted by Gasteiger charge is -2.41. The van der Waals surface area contributed by atoms with Crippen molar-refractivity contribution < 1.29 is 9.53 Å². The lowest BCUT2D eigenvalue weighted by Crippen LogP contribution is -2.49. The van der Waals surface area contributed by atoms with Crippen LogP contribution < -0.4 is 0 Å². The van der Waals surface area contributed by atoms with Gasteiger partial charge in [-0.3, -0.25) is 4.98 Å². The van der Waals surface area contributed by atoms with Gasteiger partial charge in [0.2, 0.25) is 0 Å². The van der Waals surface area contributed by atoms with E-state index in [4.69, 9.17) is 4.74 Å². The second-order valence-electron chi connectivity index (χ2n) is 6.91. The molecule has 2 aliphatic heterocycles. The molecule has 0 saturated carbocycles. The van der Waals surface area contributed by atoms with Gasteiger partial charge in [-0.05, 0) is 70.2 Å². The van der Waals surface area contributed by atoms with Crippen LogP contribution in [0.3, 0.4) is 0 Å². The van der Waals surface area contributed by atoms with E-state index in [0.717, 1.165) is 39.0 Å². The van der Waals surface area contributed by atoms with Crippen LogP contribution in [0.2, 0.25) is 0 Å². The Kier molecular flexibility index (Phi) is 5.72. The normalized spacial score (nSPS) is 21.0. The molecule has 5 nitrogen and oxygen atoms in total. The Hall–Kier alpha value is -1.62. The van der Waals surface area contributed by atoms with Crippen LogP contribution in [0.15, 0.2) is 18.3 Å². The average Bonchev–Trinajstić information content (AvgIpc) is 2.63. The van der Waals surface area contributed by atoms with Gasteiger partial charge < -0.3 is 14.5 Å². The van der Waals surface area contributed by atoms with Crippen LogP contribution >= 0.6 is 0 Å².